The molecule has 4 unspecified atom stereocenters. The Kier molecular flexibility index (Phi) is 0.0864. The van der Waals surface area contributed by atoms with Crippen LogP contribution in [0.5, 0.6) is 0 Å². The van der Waals surface area contributed by atoms with Gasteiger partial charge in [-0.15, -0.1) is 0 Å². The molecule has 0 bridgehead atoms. The van der Waals surface area contributed by atoms with Crippen LogP contribution >= 0.6 is 0 Å². The Morgan fingerprint density at radius 1 is 0.692 bits per heavy atom. The summed E-state index contributed by atoms with van der Waals surface area (Å²) in [5, 5.41) is 0. The van der Waals surface area contributed by atoms with E-state index < -0.39 is 8.89 Å². The zero-order chi connectivity index (χ0) is 7.94. The van der Waals surface area contributed by atoms with Gasteiger partial charge >= 0.3 is 64.0 Å². The summed E-state index contributed by atoms with van der Waals surface area (Å²) in [6.45, 7) is 5.67. The second-order valence-corrected chi connectivity index (χ2v) is 47.2. The normalized spacial score (nSPS) is 158. The zero-order valence-electron chi connectivity index (χ0n) is 8.12. The van der Waals surface area contributed by atoms with Gasteiger partial charge in [0, 0.05) is 0 Å². The van der Waals surface area contributed by atoms with E-state index in [-0.39, 0.29) is 0 Å². The third kappa shape index (κ3) is 0.0281. The molecule has 13 heavy (non-hydrogen) atoms. The van der Waals surface area contributed by atoms with Gasteiger partial charge < -0.3 is 0 Å². The Morgan fingerprint density at radius 3 is 1.08 bits per heavy atom. The Balaban J connectivity index is 2.20. The van der Waals surface area contributed by atoms with Gasteiger partial charge in [-0.25, -0.2) is 0 Å². The fraction of sp³-hybridized carbons (Fsp3) is 1.00. The third-order valence-electron chi connectivity index (χ3n) is 22.5. The standard InChI is InChI=1S/C7H9.C5H5.Ti/c1-6-4-3-5-7(6)2;1-2-4-5-3-1;/h3-5H,1-2H3;1-5H;. The predicted molar refractivity (Wildman–Crippen MR) is 46.7 cm³/mol. The van der Waals surface area contributed by atoms with Crippen LogP contribution in [0.25, 0.3) is 0 Å². The summed E-state index contributed by atoms with van der Waals surface area (Å²) < 4.78 is 14.7. The second kappa shape index (κ2) is 0.261. The van der Waals surface area contributed by atoms with E-state index in [4.69, 9.17) is 0 Å². The van der Waals surface area contributed by atoms with Crippen molar-refractivity contribution in [2.75, 3.05) is 0 Å². The molecule has 0 aromatic heterocycles. The van der Waals surface area contributed by atoms with Crippen molar-refractivity contribution in [3.63, 3.8) is 0 Å². The average Bonchev–Trinajstić information content (AvgIpc) is 3.02. The van der Waals surface area contributed by atoms with E-state index >= 15 is 0 Å². The minimum atomic E-state index is -2.99. The van der Waals surface area contributed by atoms with Gasteiger partial charge in [-0.2, -0.15) is 0 Å². The molecule has 10 heterocycles. The third-order valence-corrected chi connectivity index (χ3v) is 87.0. The van der Waals surface area contributed by atoms with E-state index in [1.165, 1.54) is 8.45 Å². The molecule has 10 fully saturated rings. The van der Waals surface area contributed by atoms with Gasteiger partial charge in [-0.3, -0.25) is 0 Å². The first-order chi connectivity index (χ1) is 5.94. The topological polar surface area (TPSA) is 0 Å². The van der Waals surface area contributed by atoms with E-state index in [9.17, 15) is 0 Å². The molecular formula is C12H14Ti. The molecule has 0 aromatic rings. The zero-order valence-corrected chi connectivity index (χ0v) is 9.68. The molecule has 0 aliphatic carbocycles. The molecule has 4 atom stereocenters. The fourth-order valence-electron chi connectivity index (χ4n) is 27.1. The van der Waals surface area contributed by atoms with Crippen LogP contribution in [-0.2, 0) is 8.89 Å². The summed E-state index contributed by atoms with van der Waals surface area (Å²) in [6, 6.07) is 0. The molecule has 10 saturated heterocycles. The summed E-state index contributed by atoms with van der Waals surface area (Å²) in [6.07, 6.45) is 0. The molecule has 1 heteroatoms. The van der Waals surface area contributed by atoms with Crippen LogP contribution in [0.3, 0.4) is 0 Å². The minimum absolute atomic E-state index is 1.16. The van der Waals surface area contributed by atoms with Crippen molar-refractivity contribution in [2.24, 2.45) is 0 Å². The van der Waals surface area contributed by atoms with Gasteiger partial charge in [-0.05, 0) is 0 Å². The Labute approximate surface area is 63.9 Å². The second-order valence-electron chi connectivity index (χ2n) is 13.6. The molecule has 10 rings (SSSR count). The van der Waals surface area contributed by atoms with Crippen LogP contribution in [-0.4, -0.2) is 0 Å². The SMILES string of the molecule is C[C]12[CH]3[CH]4[CH]5[C]1(C)[Ti]43521678[CH]2[CH]1[CH]6[CH]7[CH]28. The first kappa shape index (κ1) is 4.30. The van der Waals surface area contributed by atoms with Crippen molar-refractivity contribution in [2.45, 2.75) is 55.1 Å². The van der Waals surface area contributed by atoms with Crippen molar-refractivity contribution < 1.29 is 8.89 Å². The van der Waals surface area contributed by atoms with Crippen molar-refractivity contribution in [1.29, 1.82) is 0 Å². The molecule has 0 aromatic carbocycles. The fourth-order valence-corrected chi connectivity index (χ4v) is 155. The van der Waals surface area contributed by atoms with Gasteiger partial charge in [0.2, 0.25) is 0 Å². The summed E-state index contributed by atoms with van der Waals surface area (Å²) in [5.74, 6) is 0. The van der Waals surface area contributed by atoms with Crippen LogP contribution in [0.1, 0.15) is 13.8 Å². The van der Waals surface area contributed by atoms with Crippen molar-refractivity contribution in [1.82, 2.24) is 0 Å². The van der Waals surface area contributed by atoms with Crippen molar-refractivity contribution in [3.8, 4) is 0 Å². The molecule has 0 saturated carbocycles. The van der Waals surface area contributed by atoms with Crippen LogP contribution in [0, 0.1) is 0 Å². The van der Waals surface area contributed by atoms with Gasteiger partial charge in [0.25, 0.3) is 0 Å². The van der Waals surface area contributed by atoms with Crippen LogP contribution in [0.4, 0.5) is 0 Å². The number of hydrogen-bond donors (Lipinski definition) is 0. The van der Waals surface area contributed by atoms with Crippen molar-refractivity contribution >= 4 is 0 Å². The molecule has 0 amide bonds. The Bertz CT molecular complexity index is 815. The molecule has 0 radical (unpaired) electrons. The van der Waals surface area contributed by atoms with Crippen LogP contribution in [0.15, 0.2) is 0 Å². The Hall–Kier alpha value is 0.714. The van der Waals surface area contributed by atoms with Crippen molar-refractivity contribution in [3.05, 3.63) is 0 Å². The summed E-state index contributed by atoms with van der Waals surface area (Å²) >= 11 is 0. The number of fused-ring (bicyclic) bond motifs is 10. The predicted octanol–water partition coefficient (Wildman–Crippen LogP) is 4.16. The molecule has 0 N–H and O–H groups in total. The van der Waals surface area contributed by atoms with E-state index in [0.717, 1.165) is 7.44 Å². The number of hydrogen-bond acceptors (Lipinski definition) is 0. The molecule has 0 nitrogen and oxygen atoms in total. The summed E-state index contributed by atoms with van der Waals surface area (Å²) in [5.41, 5.74) is 0. The quantitative estimate of drug-likeness (QED) is 0.522. The maximum atomic E-state index is 2.84. The summed E-state index contributed by atoms with van der Waals surface area (Å²) in [7, 11) is -2.99. The van der Waals surface area contributed by atoms with Gasteiger partial charge in [-0.1, -0.05) is 0 Å². The van der Waals surface area contributed by atoms with Gasteiger partial charge in [0.1, 0.15) is 0 Å². The van der Waals surface area contributed by atoms with E-state index in [0.29, 0.717) is 0 Å². The van der Waals surface area contributed by atoms with E-state index in [1.54, 1.807) is 25.3 Å². The van der Waals surface area contributed by atoms with Crippen LogP contribution < -0.4 is 0 Å². The van der Waals surface area contributed by atoms with Gasteiger partial charge in [0.15, 0.2) is 0 Å². The monoisotopic (exact) mass is 206 g/mol. The Morgan fingerprint density at radius 2 is 1.08 bits per heavy atom. The molecular weight excluding hydrogens is 192 g/mol. The van der Waals surface area contributed by atoms with E-state index in [1.807, 2.05) is 0 Å². The molecule has 66 valence electrons. The molecule has 10 aliphatic rings. The number of rotatable bonds is 0. The average molecular weight is 206 g/mol. The van der Waals surface area contributed by atoms with Gasteiger partial charge in [0.05, 0.1) is 0 Å². The maximum absolute atomic E-state index is 2.99. The molecule has 1 spiro atoms. The summed E-state index contributed by atoms with van der Waals surface area (Å²) in [4.78, 5) is 0. The van der Waals surface area contributed by atoms with Crippen LogP contribution in [0.2, 0.25) is 41.2 Å². The molecule has 10 aliphatic heterocycles. The first-order valence-electron chi connectivity index (χ1n) is 6.97. The first-order valence-corrected chi connectivity index (χ1v) is 15.7. The van der Waals surface area contributed by atoms with E-state index in [2.05, 4.69) is 13.8 Å².